The van der Waals surface area contributed by atoms with E-state index in [0.29, 0.717) is 0 Å². The Balaban J connectivity index is 2.08. The van der Waals surface area contributed by atoms with Crippen molar-refractivity contribution in [3.8, 4) is 0 Å². The molecule has 0 spiro atoms. The van der Waals surface area contributed by atoms with Gasteiger partial charge < -0.3 is 10.1 Å². The molecule has 23 heavy (non-hydrogen) atoms. The van der Waals surface area contributed by atoms with Crippen molar-refractivity contribution in [1.29, 1.82) is 0 Å². The van der Waals surface area contributed by atoms with Crippen LogP contribution in [0.15, 0.2) is 66.7 Å². The third-order valence-electron chi connectivity index (χ3n) is 3.67. The van der Waals surface area contributed by atoms with Crippen LogP contribution < -0.4 is 5.32 Å². The molecule has 2 aromatic rings. The number of carbonyl (C=O) groups is 1. The average Bonchev–Trinajstić information content (AvgIpc) is 2.62. The minimum Gasteiger partial charge on any atom is -0.468 e. The Morgan fingerprint density at radius 2 is 1.57 bits per heavy atom. The molecule has 1 atom stereocenters. The molecule has 3 nitrogen and oxygen atoms in total. The summed E-state index contributed by atoms with van der Waals surface area (Å²) in [6, 6.07) is 20.4. The topological polar surface area (TPSA) is 38.3 Å². The number of rotatable bonds is 7. The van der Waals surface area contributed by atoms with Crippen molar-refractivity contribution in [2.24, 2.45) is 0 Å². The largest absolute Gasteiger partial charge is 0.468 e. The molecule has 0 amide bonds. The van der Waals surface area contributed by atoms with Gasteiger partial charge in [0.15, 0.2) is 0 Å². The van der Waals surface area contributed by atoms with Crippen LogP contribution in [0.1, 0.15) is 24.5 Å². The lowest BCUT2D eigenvalue weighted by atomic mass is 9.97. The van der Waals surface area contributed by atoms with E-state index in [4.69, 9.17) is 4.74 Å². The molecule has 0 aliphatic rings. The fraction of sp³-hybridized carbons (Fsp3) is 0.250. The van der Waals surface area contributed by atoms with Crippen molar-refractivity contribution in [1.82, 2.24) is 5.32 Å². The number of esters is 1. The van der Waals surface area contributed by atoms with Crippen LogP contribution in [0.3, 0.4) is 0 Å². The van der Waals surface area contributed by atoms with Gasteiger partial charge in [-0.15, -0.1) is 0 Å². The Morgan fingerprint density at radius 3 is 2.04 bits per heavy atom. The minimum absolute atomic E-state index is 0.236. The molecule has 1 unspecified atom stereocenters. The zero-order valence-electron chi connectivity index (χ0n) is 13.7. The van der Waals surface area contributed by atoms with E-state index in [1.807, 2.05) is 43.3 Å². The van der Waals surface area contributed by atoms with E-state index in [2.05, 4.69) is 35.7 Å². The van der Waals surface area contributed by atoms with Crippen molar-refractivity contribution in [2.75, 3.05) is 13.7 Å². The fourth-order valence-electron chi connectivity index (χ4n) is 2.41. The lowest BCUT2D eigenvalue weighted by Gasteiger charge is -2.12. The van der Waals surface area contributed by atoms with Crippen molar-refractivity contribution >= 4 is 11.5 Å². The number of benzene rings is 2. The number of nitrogens with one attached hydrogen (secondary N) is 1. The molecule has 0 radical (unpaired) electrons. The highest BCUT2D eigenvalue weighted by Gasteiger charge is 2.11. The van der Waals surface area contributed by atoms with Crippen LogP contribution >= 0.6 is 0 Å². The van der Waals surface area contributed by atoms with E-state index in [0.717, 1.165) is 13.0 Å². The van der Waals surface area contributed by atoms with E-state index in [1.165, 1.54) is 23.8 Å². The van der Waals surface area contributed by atoms with Crippen molar-refractivity contribution < 1.29 is 9.53 Å². The highest BCUT2D eigenvalue weighted by Crippen LogP contribution is 2.23. The van der Waals surface area contributed by atoms with Crippen LogP contribution in [0, 0.1) is 0 Å². The van der Waals surface area contributed by atoms with Gasteiger partial charge in [0.1, 0.15) is 6.04 Å². The van der Waals surface area contributed by atoms with Gasteiger partial charge in [0, 0.05) is 0 Å². The number of methoxy groups -OCH3 is 1. The molecule has 0 aliphatic carbocycles. The van der Waals surface area contributed by atoms with Crippen LogP contribution in [-0.2, 0) is 9.53 Å². The molecule has 0 saturated heterocycles. The second kappa shape index (κ2) is 8.91. The first-order valence-corrected chi connectivity index (χ1v) is 7.84. The predicted molar refractivity (Wildman–Crippen MR) is 94.1 cm³/mol. The van der Waals surface area contributed by atoms with Gasteiger partial charge in [-0.05, 0) is 36.6 Å². The zero-order valence-corrected chi connectivity index (χ0v) is 13.7. The monoisotopic (exact) mass is 309 g/mol. The summed E-state index contributed by atoms with van der Waals surface area (Å²) in [5, 5.41) is 3.17. The third-order valence-corrected chi connectivity index (χ3v) is 3.67. The summed E-state index contributed by atoms with van der Waals surface area (Å²) in [6.07, 6.45) is 3.04. The summed E-state index contributed by atoms with van der Waals surface area (Å²) in [5.41, 5.74) is 3.60. The van der Waals surface area contributed by atoms with Crippen molar-refractivity contribution in [3.63, 3.8) is 0 Å². The van der Waals surface area contributed by atoms with Crippen molar-refractivity contribution in [2.45, 2.75) is 19.4 Å². The molecular formula is C20H23NO2. The lowest BCUT2D eigenvalue weighted by molar-refractivity contribution is -0.142. The Hall–Kier alpha value is -2.39. The summed E-state index contributed by atoms with van der Waals surface area (Å²) >= 11 is 0. The first-order valence-electron chi connectivity index (χ1n) is 7.84. The molecular weight excluding hydrogens is 286 g/mol. The highest BCUT2D eigenvalue weighted by atomic mass is 16.5. The molecule has 0 heterocycles. The highest BCUT2D eigenvalue weighted by molar-refractivity contribution is 5.79. The van der Waals surface area contributed by atoms with Gasteiger partial charge in [-0.1, -0.05) is 66.7 Å². The van der Waals surface area contributed by atoms with Crippen molar-refractivity contribution in [3.05, 3.63) is 77.9 Å². The van der Waals surface area contributed by atoms with Gasteiger partial charge in [-0.3, -0.25) is 4.79 Å². The third kappa shape index (κ3) is 5.08. The zero-order chi connectivity index (χ0) is 16.5. The van der Waals surface area contributed by atoms with E-state index >= 15 is 0 Å². The summed E-state index contributed by atoms with van der Waals surface area (Å²) in [4.78, 5) is 11.4. The maximum absolute atomic E-state index is 11.4. The quantitative estimate of drug-likeness (QED) is 0.626. The minimum atomic E-state index is -0.287. The van der Waals surface area contributed by atoms with Gasteiger partial charge in [-0.2, -0.15) is 0 Å². The first kappa shape index (κ1) is 17.0. The van der Waals surface area contributed by atoms with E-state index < -0.39 is 0 Å². The normalized spacial score (nSPS) is 11.6. The number of ether oxygens (including phenoxy) is 1. The molecule has 2 aromatic carbocycles. The fourth-order valence-corrected chi connectivity index (χ4v) is 2.41. The van der Waals surface area contributed by atoms with Crippen LogP contribution in [0.4, 0.5) is 0 Å². The lowest BCUT2D eigenvalue weighted by Crippen LogP contribution is -2.35. The molecule has 0 fully saturated rings. The summed E-state index contributed by atoms with van der Waals surface area (Å²) < 4.78 is 4.71. The number of hydrogen-bond donors (Lipinski definition) is 1. The molecule has 3 heteroatoms. The standard InChI is InChI=1S/C20H23NO2/c1-16(20(22)23-2)21-15-9-14-19(17-10-5-3-6-11-17)18-12-7-4-8-13-18/h3-8,10-14,16,21H,9,15H2,1-2H3. The Labute approximate surface area is 138 Å². The van der Waals surface area contributed by atoms with E-state index in [9.17, 15) is 4.79 Å². The molecule has 2 rings (SSSR count). The molecule has 0 aliphatic heterocycles. The van der Waals surface area contributed by atoms with Gasteiger partial charge in [0.2, 0.25) is 0 Å². The first-order chi connectivity index (χ1) is 11.2. The van der Waals surface area contributed by atoms with E-state index in [-0.39, 0.29) is 12.0 Å². The maximum Gasteiger partial charge on any atom is 0.322 e. The maximum atomic E-state index is 11.4. The van der Waals surface area contributed by atoms with Crippen LogP contribution in [0.5, 0.6) is 0 Å². The Bertz CT molecular complexity index is 594. The van der Waals surface area contributed by atoms with Crippen LogP contribution in [0.2, 0.25) is 0 Å². The molecule has 0 aromatic heterocycles. The molecule has 120 valence electrons. The van der Waals surface area contributed by atoms with E-state index in [1.54, 1.807) is 0 Å². The smallest absolute Gasteiger partial charge is 0.322 e. The van der Waals surface area contributed by atoms with Gasteiger partial charge in [0.25, 0.3) is 0 Å². The predicted octanol–water partition coefficient (Wildman–Crippen LogP) is 3.66. The summed E-state index contributed by atoms with van der Waals surface area (Å²) in [5.74, 6) is -0.236. The second-order valence-corrected chi connectivity index (χ2v) is 5.34. The molecule has 0 saturated carbocycles. The van der Waals surface area contributed by atoms with Crippen LogP contribution in [0.25, 0.3) is 5.57 Å². The molecule has 0 bridgehead atoms. The SMILES string of the molecule is COC(=O)C(C)NCCC=C(c1ccccc1)c1ccccc1. The summed E-state index contributed by atoms with van der Waals surface area (Å²) in [7, 11) is 1.41. The summed E-state index contributed by atoms with van der Waals surface area (Å²) in [6.45, 7) is 2.53. The van der Waals surface area contributed by atoms with Gasteiger partial charge in [-0.25, -0.2) is 0 Å². The second-order valence-electron chi connectivity index (χ2n) is 5.34. The molecule has 1 N–H and O–H groups in total. The Kier molecular flexibility index (Phi) is 6.57. The van der Waals surface area contributed by atoms with Crippen LogP contribution in [-0.4, -0.2) is 25.7 Å². The number of hydrogen-bond acceptors (Lipinski definition) is 3. The Morgan fingerprint density at radius 1 is 1.04 bits per heavy atom. The number of carbonyl (C=O) groups excluding carboxylic acids is 1. The van der Waals surface area contributed by atoms with Gasteiger partial charge in [0.05, 0.1) is 7.11 Å². The van der Waals surface area contributed by atoms with Gasteiger partial charge >= 0.3 is 5.97 Å². The average molecular weight is 309 g/mol.